The zero-order valence-electron chi connectivity index (χ0n) is 35.4. The molecule has 334 valence electrons. The first-order valence-electron chi connectivity index (χ1n) is 22.3. The second kappa shape index (κ2) is 34.1. The van der Waals surface area contributed by atoms with Crippen molar-refractivity contribution in [2.75, 3.05) is 26.4 Å². The van der Waals surface area contributed by atoms with E-state index in [1.54, 1.807) is 12.2 Å². The molecule has 0 aliphatic heterocycles. The summed E-state index contributed by atoms with van der Waals surface area (Å²) >= 11 is 0. The maximum absolute atomic E-state index is 12.8. The third kappa shape index (κ3) is 28.4. The Hall–Kier alpha value is -1.70. The second-order valence-corrected chi connectivity index (χ2v) is 17.3. The van der Waals surface area contributed by atoms with Gasteiger partial charge in [0.2, 0.25) is 0 Å². The number of aliphatic hydroxyl groups is 3. The lowest BCUT2D eigenvalue weighted by Crippen LogP contribution is -2.29. The van der Waals surface area contributed by atoms with Crippen molar-refractivity contribution in [2.45, 2.75) is 205 Å². The van der Waals surface area contributed by atoms with Gasteiger partial charge in [-0.15, -0.1) is 0 Å². The van der Waals surface area contributed by atoms with Crippen LogP contribution in [0.4, 0.5) is 0 Å². The topological polar surface area (TPSA) is 212 Å². The fourth-order valence-corrected chi connectivity index (χ4v) is 7.98. The molecule has 0 bridgehead atoms. The zero-order valence-corrected chi connectivity index (χ0v) is 36.3. The third-order valence-electron chi connectivity index (χ3n) is 10.6. The van der Waals surface area contributed by atoms with Crippen molar-refractivity contribution in [3.63, 3.8) is 0 Å². The Morgan fingerprint density at radius 2 is 1.25 bits per heavy atom. The predicted octanol–water partition coefficient (Wildman–Crippen LogP) is 8.17. The second-order valence-electron chi connectivity index (χ2n) is 15.9. The van der Waals surface area contributed by atoms with E-state index in [9.17, 15) is 39.2 Å². The minimum absolute atomic E-state index is 0.00190. The molecule has 0 aromatic carbocycles. The van der Waals surface area contributed by atoms with Crippen LogP contribution >= 0.6 is 7.82 Å². The van der Waals surface area contributed by atoms with E-state index in [0.717, 1.165) is 38.5 Å². The highest BCUT2D eigenvalue weighted by Gasteiger charge is 2.41. The number of phosphoric acid groups is 1. The van der Waals surface area contributed by atoms with Crippen molar-refractivity contribution >= 4 is 25.5 Å². The van der Waals surface area contributed by atoms with Crippen LogP contribution < -0.4 is 5.73 Å². The molecular weight excluding hydrogens is 753 g/mol. The van der Waals surface area contributed by atoms with Crippen molar-refractivity contribution in [1.82, 2.24) is 0 Å². The molecule has 1 unspecified atom stereocenters. The number of esters is 2. The van der Waals surface area contributed by atoms with Crippen molar-refractivity contribution < 1.29 is 57.7 Å². The molecule has 6 N–H and O–H groups in total. The van der Waals surface area contributed by atoms with Crippen LogP contribution in [0.2, 0.25) is 0 Å². The summed E-state index contributed by atoms with van der Waals surface area (Å²) in [7, 11) is -4.46. The molecule has 1 aliphatic carbocycles. The molecule has 0 aromatic heterocycles. The van der Waals surface area contributed by atoms with Gasteiger partial charge in [-0.3, -0.25) is 23.4 Å². The number of rotatable bonds is 38. The van der Waals surface area contributed by atoms with Crippen LogP contribution in [0.5, 0.6) is 0 Å². The lowest BCUT2D eigenvalue weighted by atomic mass is 9.87. The first-order chi connectivity index (χ1) is 27.4. The monoisotopic (exact) mass is 834 g/mol. The first-order valence-corrected chi connectivity index (χ1v) is 23.8. The van der Waals surface area contributed by atoms with Gasteiger partial charge in [0.15, 0.2) is 6.10 Å². The SMILES string of the molecule is CCCCCCCCCCCCCCCCCC(=O)O[C@H](COC(=O)CCCCC(=O)C[C@@H]1[C@@H](/C=C/[C@@H](O)CCCCC)[C@H](O)C[C@@H]1O)COP(=O)(O)OCCN. The van der Waals surface area contributed by atoms with Crippen LogP contribution in [-0.2, 0) is 37.5 Å². The molecule has 57 heavy (non-hydrogen) atoms. The number of Topliss-reactive ketones (excluding diaryl/α,β-unsaturated/α-hetero) is 1. The van der Waals surface area contributed by atoms with Gasteiger partial charge in [0.25, 0.3) is 0 Å². The number of carbonyl (C=O) groups excluding carboxylic acids is 3. The summed E-state index contributed by atoms with van der Waals surface area (Å²) in [6, 6.07) is 0. The normalized spacial score (nSPS) is 20.4. The van der Waals surface area contributed by atoms with Gasteiger partial charge in [-0.1, -0.05) is 135 Å². The van der Waals surface area contributed by atoms with E-state index in [1.165, 1.54) is 70.6 Å². The highest BCUT2D eigenvalue weighted by molar-refractivity contribution is 7.47. The summed E-state index contributed by atoms with van der Waals surface area (Å²) in [6.07, 6.45) is 23.0. The van der Waals surface area contributed by atoms with Gasteiger partial charge in [-0.2, -0.15) is 0 Å². The standard InChI is InChI=1S/C43H80NO12P/c1-3-5-7-8-9-10-11-12-13-14-15-16-17-18-20-26-43(50)56-37(34-55-57(51,52)54-30-29-44)33-53-42(49)25-22-21-24-36(46)31-39-38(40(47)32-41(39)48)28-27-35(45)23-19-6-4-2/h27-28,35,37-41,45,47-48H,3-26,29-34,44H2,1-2H3,(H,51,52)/b28-27+/t35-,37+,38+,39+,40+,41-/m0/s1. The Kier molecular flexibility index (Phi) is 31.9. The predicted molar refractivity (Wildman–Crippen MR) is 222 cm³/mol. The summed E-state index contributed by atoms with van der Waals surface area (Å²) in [4.78, 5) is 47.9. The number of nitrogens with two attached hydrogens (primary N) is 1. The largest absolute Gasteiger partial charge is 0.472 e. The molecule has 13 nitrogen and oxygen atoms in total. The number of phosphoric ester groups is 1. The quantitative estimate of drug-likeness (QED) is 0.0172. The zero-order chi connectivity index (χ0) is 42.2. The number of unbranched alkanes of at least 4 members (excludes halogenated alkanes) is 17. The fraction of sp³-hybridized carbons (Fsp3) is 0.884. The highest BCUT2D eigenvalue weighted by atomic mass is 31.2. The Bertz CT molecular complexity index is 1120. The molecule has 1 rings (SSSR count). The van der Waals surface area contributed by atoms with E-state index in [4.69, 9.17) is 24.3 Å². The lowest BCUT2D eigenvalue weighted by molar-refractivity contribution is -0.161. The number of hydrogen-bond acceptors (Lipinski definition) is 12. The van der Waals surface area contributed by atoms with E-state index in [0.29, 0.717) is 25.7 Å². The molecule has 0 aromatic rings. The van der Waals surface area contributed by atoms with E-state index in [-0.39, 0.29) is 57.6 Å². The minimum atomic E-state index is -4.46. The van der Waals surface area contributed by atoms with Gasteiger partial charge >= 0.3 is 19.8 Å². The Balaban J connectivity index is 2.41. The Labute approximate surface area is 343 Å². The minimum Gasteiger partial charge on any atom is -0.462 e. The molecule has 0 amide bonds. The number of carbonyl (C=O) groups is 3. The average Bonchev–Trinajstić information content (AvgIpc) is 3.44. The number of ketones is 1. The number of ether oxygens (including phenoxy) is 2. The van der Waals surface area contributed by atoms with Crippen LogP contribution in [0.25, 0.3) is 0 Å². The molecule has 1 fully saturated rings. The molecule has 1 aliphatic rings. The lowest BCUT2D eigenvalue weighted by Gasteiger charge is -2.20. The summed E-state index contributed by atoms with van der Waals surface area (Å²) in [5, 5.41) is 31.3. The highest BCUT2D eigenvalue weighted by Crippen LogP contribution is 2.43. The summed E-state index contributed by atoms with van der Waals surface area (Å²) < 4.78 is 32.7. The van der Waals surface area contributed by atoms with Gasteiger partial charge in [0.05, 0.1) is 31.5 Å². The van der Waals surface area contributed by atoms with E-state index >= 15 is 0 Å². The van der Waals surface area contributed by atoms with Crippen molar-refractivity contribution in [3.8, 4) is 0 Å². The van der Waals surface area contributed by atoms with E-state index in [1.807, 2.05) is 0 Å². The van der Waals surface area contributed by atoms with Gasteiger partial charge < -0.3 is 35.4 Å². The molecule has 0 saturated heterocycles. The smallest absolute Gasteiger partial charge is 0.462 e. The first kappa shape index (κ1) is 53.3. The van der Waals surface area contributed by atoms with E-state index in [2.05, 4.69) is 13.8 Å². The molecule has 1 saturated carbocycles. The van der Waals surface area contributed by atoms with Crippen molar-refractivity contribution in [2.24, 2.45) is 17.6 Å². The number of aliphatic hydroxyl groups excluding tert-OH is 3. The molecule has 0 radical (unpaired) electrons. The van der Waals surface area contributed by atoms with Crippen molar-refractivity contribution in [1.29, 1.82) is 0 Å². The van der Waals surface area contributed by atoms with Crippen LogP contribution in [0, 0.1) is 11.8 Å². The third-order valence-corrected chi connectivity index (χ3v) is 11.6. The molecular formula is C43H80NO12P. The van der Waals surface area contributed by atoms with Gasteiger partial charge in [-0.25, -0.2) is 4.57 Å². The summed E-state index contributed by atoms with van der Waals surface area (Å²) in [6.45, 7) is 3.21. The fourth-order valence-electron chi connectivity index (χ4n) is 7.22. The summed E-state index contributed by atoms with van der Waals surface area (Å²) in [5.41, 5.74) is 5.34. The average molecular weight is 834 g/mol. The molecule has 0 spiro atoms. The van der Waals surface area contributed by atoms with Gasteiger partial charge in [0.1, 0.15) is 12.4 Å². The van der Waals surface area contributed by atoms with Gasteiger partial charge in [0, 0.05) is 50.5 Å². The summed E-state index contributed by atoms with van der Waals surface area (Å²) in [5.74, 6) is -2.08. The van der Waals surface area contributed by atoms with E-state index < -0.39 is 62.6 Å². The maximum Gasteiger partial charge on any atom is 0.472 e. The van der Waals surface area contributed by atoms with Gasteiger partial charge in [-0.05, 0) is 25.7 Å². The molecule has 14 heteroatoms. The molecule has 0 heterocycles. The van der Waals surface area contributed by atoms with Crippen LogP contribution in [0.1, 0.15) is 181 Å². The maximum atomic E-state index is 12.8. The number of hydrogen-bond donors (Lipinski definition) is 5. The Morgan fingerprint density at radius 3 is 1.84 bits per heavy atom. The van der Waals surface area contributed by atoms with Crippen LogP contribution in [0.15, 0.2) is 12.2 Å². The Morgan fingerprint density at radius 1 is 0.719 bits per heavy atom. The van der Waals surface area contributed by atoms with Crippen LogP contribution in [0.3, 0.4) is 0 Å². The molecule has 7 atom stereocenters. The van der Waals surface area contributed by atoms with Crippen molar-refractivity contribution in [3.05, 3.63) is 12.2 Å². The van der Waals surface area contributed by atoms with Crippen LogP contribution in [-0.4, -0.2) is 88.7 Å².